The summed E-state index contributed by atoms with van der Waals surface area (Å²) in [6.07, 6.45) is 4.48. The molecular formula is C16H24ClN3O2. The molecule has 122 valence electrons. The van der Waals surface area contributed by atoms with Crippen molar-refractivity contribution >= 4 is 17.4 Å². The van der Waals surface area contributed by atoms with Crippen LogP contribution in [0.15, 0.2) is 6.20 Å². The Labute approximate surface area is 137 Å². The molecule has 0 saturated carbocycles. The lowest BCUT2D eigenvalue weighted by Gasteiger charge is -2.10. The largest absolute Gasteiger partial charge is 0.369 e. The van der Waals surface area contributed by atoms with E-state index in [0.717, 1.165) is 13.0 Å². The number of halogens is 1. The standard InChI is InChI=1S/C16H24ClN3O2/c1-4-7-8-11-18-15-13(12-19-16(17)20-15)9-10-14(21-5-2)22-6-3/h12,14H,4-8,11H2,1-3H3,(H,18,19,20). The zero-order valence-electron chi connectivity index (χ0n) is 13.5. The maximum Gasteiger partial charge on any atom is 0.224 e. The number of hydrogen-bond donors (Lipinski definition) is 1. The number of anilines is 1. The Balaban J connectivity index is 2.80. The van der Waals surface area contributed by atoms with Crippen LogP contribution in [-0.2, 0) is 9.47 Å². The number of hydrogen-bond acceptors (Lipinski definition) is 5. The molecule has 0 aliphatic carbocycles. The third kappa shape index (κ3) is 7.08. The highest BCUT2D eigenvalue weighted by atomic mass is 35.5. The Morgan fingerprint density at radius 1 is 1.23 bits per heavy atom. The first-order chi connectivity index (χ1) is 10.7. The van der Waals surface area contributed by atoms with Crippen LogP contribution >= 0.6 is 11.6 Å². The molecule has 0 amide bonds. The fourth-order valence-electron chi connectivity index (χ4n) is 1.74. The van der Waals surface area contributed by atoms with E-state index in [9.17, 15) is 0 Å². The fraction of sp³-hybridized carbons (Fsp3) is 0.625. The molecule has 0 aromatic carbocycles. The zero-order chi connectivity index (χ0) is 16.2. The Hall–Kier alpha value is -1.35. The van der Waals surface area contributed by atoms with Gasteiger partial charge in [0.05, 0.1) is 5.56 Å². The first kappa shape index (κ1) is 18.7. The van der Waals surface area contributed by atoms with E-state index in [1.165, 1.54) is 12.8 Å². The van der Waals surface area contributed by atoms with E-state index in [2.05, 4.69) is 34.0 Å². The molecule has 0 fully saturated rings. The molecule has 6 heteroatoms. The van der Waals surface area contributed by atoms with E-state index in [1.807, 2.05) is 13.8 Å². The van der Waals surface area contributed by atoms with E-state index in [-0.39, 0.29) is 5.28 Å². The smallest absolute Gasteiger partial charge is 0.224 e. The third-order valence-corrected chi connectivity index (χ3v) is 2.98. The van der Waals surface area contributed by atoms with Crippen molar-refractivity contribution in [1.82, 2.24) is 9.97 Å². The lowest BCUT2D eigenvalue weighted by molar-refractivity contribution is -0.0969. The molecule has 0 aliphatic heterocycles. The maximum absolute atomic E-state index is 5.86. The highest BCUT2D eigenvalue weighted by molar-refractivity contribution is 6.28. The van der Waals surface area contributed by atoms with E-state index < -0.39 is 6.29 Å². The monoisotopic (exact) mass is 325 g/mol. The number of ether oxygens (including phenoxy) is 2. The topological polar surface area (TPSA) is 56.3 Å². The third-order valence-electron chi connectivity index (χ3n) is 2.79. The number of rotatable bonds is 9. The van der Waals surface area contributed by atoms with Crippen molar-refractivity contribution in [1.29, 1.82) is 0 Å². The van der Waals surface area contributed by atoms with Gasteiger partial charge in [0.15, 0.2) is 0 Å². The van der Waals surface area contributed by atoms with Crippen LogP contribution in [0, 0.1) is 11.8 Å². The quantitative estimate of drug-likeness (QED) is 0.326. The molecule has 5 nitrogen and oxygen atoms in total. The van der Waals surface area contributed by atoms with Gasteiger partial charge in [0.25, 0.3) is 0 Å². The summed E-state index contributed by atoms with van der Waals surface area (Å²) in [5.74, 6) is 6.60. The van der Waals surface area contributed by atoms with Crippen LogP contribution < -0.4 is 5.32 Å². The molecule has 0 spiro atoms. The molecule has 1 N–H and O–H groups in total. The molecule has 1 aromatic heterocycles. The van der Waals surface area contributed by atoms with E-state index >= 15 is 0 Å². The van der Waals surface area contributed by atoms with E-state index in [1.54, 1.807) is 6.20 Å². The van der Waals surface area contributed by atoms with Gasteiger partial charge in [-0.15, -0.1) is 0 Å². The average molecular weight is 326 g/mol. The predicted molar refractivity (Wildman–Crippen MR) is 89.0 cm³/mol. The molecule has 0 aliphatic rings. The van der Waals surface area contributed by atoms with Gasteiger partial charge < -0.3 is 14.8 Å². The normalized spacial score (nSPS) is 10.4. The van der Waals surface area contributed by atoms with Crippen LogP contribution in [0.25, 0.3) is 0 Å². The summed E-state index contributed by atoms with van der Waals surface area (Å²) in [5.41, 5.74) is 0.685. The van der Waals surface area contributed by atoms with Gasteiger partial charge in [0.1, 0.15) is 5.82 Å². The molecule has 1 heterocycles. The maximum atomic E-state index is 5.86. The van der Waals surface area contributed by atoms with Crippen LogP contribution in [-0.4, -0.2) is 36.0 Å². The number of nitrogens with zero attached hydrogens (tertiary/aromatic N) is 2. The van der Waals surface area contributed by atoms with Crippen LogP contribution in [0.3, 0.4) is 0 Å². The first-order valence-corrected chi connectivity index (χ1v) is 8.10. The second kappa shape index (κ2) is 11.2. The van der Waals surface area contributed by atoms with Crippen LogP contribution in [0.5, 0.6) is 0 Å². The highest BCUT2D eigenvalue weighted by Crippen LogP contribution is 2.13. The Kier molecular flexibility index (Phi) is 9.56. The van der Waals surface area contributed by atoms with Gasteiger partial charge in [0, 0.05) is 26.0 Å². The van der Waals surface area contributed by atoms with Crippen molar-refractivity contribution in [2.75, 3.05) is 25.1 Å². The minimum absolute atomic E-state index is 0.203. The Morgan fingerprint density at radius 2 is 1.95 bits per heavy atom. The Morgan fingerprint density at radius 3 is 2.59 bits per heavy atom. The molecule has 1 aromatic rings. The molecule has 0 bridgehead atoms. The minimum atomic E-state index is -0.543. The van der Waals surface area contributed by atoms with Crippen molar-refractivity contribution in [3.8, 4) is 11.8 Å². The summed E-state index contributed by atoms with van der Waals surface area (Å²) in [6.45, 7) is 7.88. The van der Waals surface area contributed by atoms with Crippen molar-refractivity contribution in [3.05, 3.63) is 17.0 Å². The van der Waals surface area contributed by atoms with Gasteiger partial charge in [-0.2, -0.15) is 4.98 Å². The average Bonchev–Trinajstić information content (AvgIpc) is 2.51. The Bertz CT molecular complexity index is 494. The van der Waals surface area contributed by atoms with E-state index in [4.69, 9.17) is 21.1 Å². The second-order valence-electron chi connectivity index (χ2n) is 4.55. The van der Waals surface area contributed by atoms with Crippen LogP contribution in [0.1, 0.15) is 45.6 Å². The lowest BCUT2D eigenvalue weighted by Crippen LogP contribution is -2.15. The van der Waals surface area contributed by atoms with Crippen molar-refractivity contribution in [2.45, 2.75) is 46.3 Å². The molecule has 22 heavy (non-hydrogen) atoms. The highest BCUT2D eigenvalue weighted by Gasteiger charge is 2.06. The zero-order valence-corrected chi connectivity index (χ0v) is 14.2. The minimum Gasteiger partial charge on any atom is -0.369 e. The first-order valence-electron chi connectivity index (χ1n) is 7.72. The second-order valence-corrected chi connectivity index (χ2v) is 4.89. The van der Waals surface area contributed by atoms with Crippen molar-refractivity contribution in [2.24, 2.45) is 0 Å². The SMILES string of the molecule is CCCCCNc1nc(Cl)ncc1C#CC(OCC)OCC. The molecular weight excluding hydrogens is 302 g/mol. The van der Waals surface area contributed by atoms with Gasteiger partial charge in [-0.05, 0) is 37.8 Å². The van der Waals surface area contributed by atoms with Gasteiger partial charge in [0.2, 0.25) is 11.6 Å². The van der Waals surface area contributed by atoms with Gasteiger partial charge in [-0.3, -0.25) is 0 Å². The fourth-order valence-corrected chi connectivity index (χ4v) is 1.87. The predicted octanol–water partition coefficient (Wildman–Crippen LogP) is 3.48. The number of unbranched alkanes of at least 4 members (excludes halogenated alkanes) is 2. The summed E-state index contributed by atoms with van der Waals surface area (Å²) in [6, 6.07) is 0. The van der Waals surface area contributed by atoms with Crippen LogP contribution in [0.2, 0.25) is 5.28 Å². The lowest BCUT2D eigenvalue weighted by atomic mass is 10.2. The summed E-state index contributed by atoms with van der Waals surface area (Å²) in [4.78, 5) is 8.18. The van der Waals surface area contributed by atoms with Crippen molar-refractivity contribution in [3.63, 3.8) is 0 Å². The molecule has 0 saturated heterocycles. The van der Waals surface area contributed by atoms with Crippen molar-refractivity contribution < 1.29 is 9.47 Å². The van der Waals surface area contributed by atoms with Gasteiger partial charge >= 0.3 is 0 Å². The summed E-state index contributed by atoms with van der Waals surface area (Å²) in [5, 5.41) is 3.46. The van der Waals surface area contributed by atoms with Gasteiger partial charge in [-0.1, -0.05) is 25.7 Å². The number of nitrogens with one attached hydrogen (secondary N) is 1. The molecule has 0 atom stereocenters. The van der Waals surface area contributed by atoms with E-state index in [0.29, 0.717) is 24.6 Å². The molecule has 0 unspecified atom stereocenters. The summed E-state index contributed by atoms with van der Waals surface area (Å²) < 4.78 is 10.8. The van der Waals surface area contributed by atoms with Crippen LogP contribution in [0.4, 0.5) is 5.82 Å². The van der Waals surface area contributed by atoms with Gasteiger partial charge in [-0.25, -0.2) is 4.98 Å². The summed E-state index contributed by atoms with van der Waals surface area (Å²) >= 11 is 5.86. The molecule has 0 radical (unpaired) electrons. The molecule has 1 rings (SSSR count). The summed E-state index contributed by atoms with van der Waals surface area (Å²) in [7, 11) is 0. The number of aromatic nitrogens is 2.